The lowest BCUT2D eigenvalue weighted by Crippen LogP contribution is -2.17. The van der Waals surface area contributed by atoms with E-state index < -0.39 is 0 Å². The molecule has 0 fully saturated rings. The first-order chi connectivity index (χ1) is 14.1. The smallest absolute Gasteiger partial charge is 0.182 e. The van der Waals surface area contributed by atoms with Gasteiger partial charge in [0.05, 0.1) is 6.20 Å². The molecule has 0 N–H and O–H groups in total. The molecule has 0 saturated carbocycles. The van der Waals surface area contributed by atoms with Crippen molar-refractivity contribution in [3.63, 3.8) is 0 Å². The zero-order chi connectivity index (χ0) is 21.0. The molecule has 0 unspecified atom stereocenters. The van der Waals surface area contributed by atoms with E-state index in [1.807, 2.05) is 18.3 Å². The maximum Gasteiger partial charge on any atom is 0.182 e. The number of hydrogen-bond acceptors (Lipinski definition) is 4. The number of rotatable bonds is 0. The highest BCUT2D eigenvalue weighted by molar-refractivity contribution is 6.15. The molecule has 0 aliphatic carbocycles. The highest BCUT2D eigenvalue weighted by atomic mass is 16.3. The fraction of sp³-hybridized carbons (Fsp3) is 0.320. The molecule has 30 heavy (non-hydrogen) atoms. The summed E-state index contributed by atoms with van der Waals surface area (Å²) in [5.74, 6) is 0.809. The predicted molar refractivity (Wildman–Crippen MR) is 122 cm³/mol. The summed E-state index contributed by atoms with van der Waals surface area (Å²) in [6, 6.07) is 10.8. The Kier molecular flexibility index (Phi) is 3.10. The number of benzene rings is 2. The summed E-state index contributed by atoms with van der Waals surface area (Å²) in [6.07, 6.45) is 1.93. The van der Waals surface area contributed by atoms with E-state index in [2.05, 4.69) is 69.1 Å². The van der Waals surface area contributed by atoms with E-state index in [1.54, 1.807) is 0 Å². The zero-order valence-electron chi connectivity index (χ0n) is 18.2. The molecular weight excluding hydrogens is 372 g/mol. The van der Waals surface area contributed by atoms with Gasteiger partial charge in [-0.05, 0) is 35.7 Å². The zero-order valence-corrected chi connectivity index (χ0v) is 18.2. The lowest BCUT2D eigenvalue weighted by Gasteiger charge is -2.22. The van der Waals surface area contributed by atoms with Crippen LogP contribution in [0.15, 0.2) is 40.9 Å². The topological polar surface area (TPSA) is 56.2 Å². The fourth-order valence-electron chi connectivity index (χ4n) is 4.39. The van der Waals surface area contributed by atoms with E-state index in [9.17, 15) is 0 Å². The maximum absolute atomic E-state index is 5.91. The van der Waals surface area contributed by atoms with Gasteiger partial charge in [-0.15, -0.1) is 0 Å². The summed E-state index contributed by atoms with van der Waals surface area (Å²) < 4.78 is 8.14. The second-order valence-electron chi connectivity index (χ2n) is 10.4. The van der Waals surface area contributed by atoms with Gasteiger partial charge in [0, 0.05) is 32.7 Å². The molecule has 0 atom stereocenters. The average Bonchev–Trinajstić information content (AvgIpc) is 3.37. The molecule has 0 aliphatic heterocycles. The Hall–Kier alpha value is -3.21. The SMILES string of the molecule is CC(C)(C)c1ncc2c(n1)nc1c3cc4c5ccc(o5)c4cc3cc(C(C)(C)C)n21. The lowest BCUT2D eigenvalue weighted by molar-refractivity contribution is 0.547. The number of hydrogen-bond donors (Lipinski definition) is 0. The minimum absolute atomic E-state index is 0.0704. The lowest BCUT2D eigenvalue weighted by atomic mass is 9.89. The van der Waals surface area contributed by atoms with Crippen LogP contribution < -0.4 is 0 Å². The Morgan fingerprint density at radius 2 is 1.50 bits per heavy atom. The van der Waals surface area contributed by atoms with Crippen LogP contribution in [0.1, 0.15) is 53.1 Å². The van der Waals surface area contributed by atoms with Crippen LogP contribution in [-0.4, -0.2) is 19.4 Å². The van der Waals surface area contributed by atoms with E-state index in [4.69, 9.17) is 14.4 Å². The standard InChI is InChI=1S/C25H24N4O/c1-24(2,3)20-10-13-9-15-16(19-8-7-18(15)30-19)11-14(13)22-27-21-17(29(20)22)12-26-23(28-21)25(4,5)6/h7-12H,1-6H3. The van der Waals surface area contributed by atoms with Crippen molar-refractivity contribution >= 4 is 49.5 Å². The van der Waals surface area contributed by atoms with Crippen molar-refractivity contribution in [2.75, 3.05) is 0 Å². The fourth-order valence-corrected chi connectivity index (χ4v) is 4.39. The number of pyridine rings is 1. The van der Waals surface area contributed by atoms with Crippen molar-refractivity contribution < 1.29 is 4.42 Å². The molecule has 5 nitrogen and oxygen atoms in total. The van der Waals surface area contributed by atoms with Crippen molar-refractivity contribution in [3.8, 4) is 0 Å². The summed E-state index contributed by atoms with van der Waals surface area (Å²) in [6.45, 7) is 13.1. The van der Waals surface area contributed by atoms with E-state index in [0.717, 1.165) is 50.0 Å². The summed E-state index contributed by atoms with van der Waals surface area (Å²) in [5.41, 5.74) is 5.47. The summed E-state index contributed by atoms with van der Waals surface area (Å²) in [7, 11) is 0. The molecule has 0 amide bonds. The molecule has 5 heterocycles. The number of aromatic nitrogens is 4. The number of imidazole rings is 1. The third-order valence-electron chi connectivity index (χ3n) is 5.95. The Balaban J connectivity index is 1.82. The molecule has 150 valence electrons. The van der Waals surface area contributed by atoms with E-state index >= 15 is 0 Å². The van der Waals surface area contributed by atoms with Crippen molar-refractivity contribution in [2.45, 2.75) is 52.4 Å². The van der Waals surface area contributed by atoms with E-state index in [0.29, 0.717) is 0 Å². The number of fused-ring (bicyclic) bond motifs is 10. The Morgan fingerprint density at radius 3 is 2.17 bits per heavy atom. The van der Waals surface area contributed by atoms with Crippen molar-refractivity contribution in [3.05, 3.63) is 48.0 Å². The van der Waals surface area contributed by atoms with Crippen LogP contribution >= 0.6 is 0 Å². The van der Waals surface area contributed by atoms with Crippen molar-refractivity contribution in [1.82, 2.24) is 19.4 Å². The summed E-state index contributed by atoms with van der Waals surface area (Å²) in [4.78, 5) is 14.5. The minimum atomic E-state index is -0.128. The van der Waals surface area contributed by atoms with Gasteiger partial charge in [0.15, 0.2) is 5.65 Å². The van der Waals surface area contributed by atoms with Crippen LogP contribution in [0.3, 0.4) is 0 Å². The van der Waals surface area contributed by atoms with Crippen LogP contribution in [0.25, 0.3) is 49.5 Å². The number of nitrogens with zero attached hydrogens (tertiary/aromatic N) is 4. The largest absolute Gasteiger partial charge is 0.456 e. The van der Waals surface area contributed by atoms with E-state index in [-0.39, 0.29) is 10.8 Å². The van der Waals surface area contributed by atoms with Gasteiger partial charge in [-0.1, -0.05) is 41.5 Å². The molecule has 5 heteroatoms. The first-order valence-corrected chi connectivity index (χ1v) is 10.4. The Morgan fingerprint density at radius 1 is 0.800 bits per heavy atom. The second kappa shape index (κ2) is 5.28. The first-order valence-electron chi connectivity index (χ1n) is 10.4. The first kappa shape index (κ1) is 17.6. The molecule has 0 radical (unpaired) electrons. The van der Waals surface area contributed by atoms with Crippen molar-refractivity contribution in [2.24, 2.45) is 0 Å². The molecule has 6 rings (SSSR count). The number of furan rings is 2. The quantitative estimate of drug-likeness (QED) is 0.280. The molecule has 2 bridgehead atoms. The molecular formula is C25H24N4O. The molecule has 0 aliphatic rings. The van der Waals surface area contributed by atoms with Gasteiger partial charge in [0.25, 0.3) is 0 Å². The molecule has 6 aromatic rings. The summed E-state index contributed by atoms with van der Waals surface area (Å²) in [5, 5.41) is 4.58. The predicted octanol–water partition coefficient (Wildman–Crippen LogP) is 6.36. The third-order valence-corrected chi connectivity index (χ3v) is 5.95. The molecule has 1 aromatic carbocycles. The van der Waals surface area contributed by atoms with Gasteiger partial charge in [-0.25, -0.2) is 15.0 Å². The van der Waals surface area contributed by atoms with Gasteiger partial charge in [-0.3, -0.25) is 4.40 Å². The second-order valence-corrected chi connectivity index (χ2v) is 10.4. The normalized spacial score (nSPS) is 13.7. The highest BCUT2D eigenvalue weighted by Gasteiger charge is 2.25. The van der Waals surface area contributed by atoms with Crippen LogP contribution in [0.5, 0.6) is 0 Å². The van der Waals surface area contributed by atoms with Gasteiger partial charge in [0.2, 0.25) is 0 Å². The van der Waals surface area contributed by atoms with Crippen LogP contribution in [0.4, 0.5) is 0 Å². The van der Waals surface area contributed by atoms with Gasteiger partial charge >= 0.3 is 0 Å². The van der Waals surface area contributed by atoms with Crippen molar-refractivity contribution in [1.29, 1.82) is 0 Å². The van der Waals surface area contributed by atoms with Crippen LogP contribution in [0.2, 0.25) is 0 Å². The maximum atomic E-state index is 5.91. The van der Waals surface area contributed by atoms with Gasteiger partial charge in [0.1, 0.15) is 28.2 Å². The van der Waals surface area contributed by atoms with Gasteiger partial charge < -0.3 is 4.42 Å². The molecule has 0 spiro atoms. The van der Waals surface area contributed by atoms with Crippen LogP contribution in [0, 0.1) is 0 Å². The van der Waals surface area contributed by atoms with E-state index in [1.165, 1.54) is 11.1 Å². The molecule has 5 aromatic heterocycles. The highest BCUT2D eigenvalue weighted by Crippen LogP contribution is 2.38. The Bertz CT molecular complexity index is 1610. The Labute approximate surface area is 174 Å². The molecule has 0 saturated heterocycles. The van der Waals surface area contributed by atoms with Gasteiger partial charge in [-0.2, -0.15) is 0 Å². The monoisotopic (exact) mass is 396 g/mol. The average molecular weight is 396 g/mol. The summed E-state index contributed by atoms with van der Waals surface area (Å²) >= 11 is 0. The van der Waals surface area contributed by atoms with Crippen LogP contribution in [-0.2, 0) is 10.8 Å². The third kappa shape index (κ3) is 2.26. The minimum Gasteiger partial charge on any atom is -0.456 e.